The van der Waals surface area contributed by atoms with Crippen molar-refractivity contribution in [2.75, 3.05) is 11.1 Å². The number of hydrogen-bond acceptors (Lipinski definition) is 2. The smallest absolute Gasteiger partial charge is 0.259 e. The van der Waals surface area contributed by atoms with Crippen LogP contribution in [0.1, 0.15) is 10.4 Å². The molecule has 2 aromatic rings. The summed E-state index contributed by atoms with van der Waals surface area (Å²) < 4.78 is 13.4. The molecule has 0 spiro atoms. The third-order valence-corrected chi connectivity index (χ3v) is 3.76. The van der Waals surface area contributed by atoms with E-state index in [9.17, 15) is 9.18 Å². The molecule has 2 rings (SSSR count). The maximum absolute atomic E-state index is 13.1. The molecule has 0 fully saturated rings. The molecule has 0 aliphatic carbocycles. The summed E-state index contributed by atoms with van der Waals surface area (Å²) in [4.78, 5) is 12.2. The van der Waals surface area contributed by atoms with E-state index < -0.39 is 11.7 Å². The van der Waals surface area contributed by atoms with Crippen molar-refractivity contribution in [3.63, 3.8) is 0 Å². The van der Waals surface area contributed by atoms with E-state index in [1.54, 1.807) is 18.2 Å². The molecular formula is C13H8BrCl2FN2O. The molecule has 0 heterocycles. The Hall–Kier alpha value is -1.30. The van der Waals surface area contributed by atoms with Gasteiger partial charge in [-0.15, -0.1) is 0 Å². The monoisotopic (exact) mass is 376 g/mol. The van der Waals surface area contributed by atoms with Crippen molar-refractivity contribution in [3.05, 3.63) is 56.2 Å². The average Bonchev–Trinajstić information content (AvgIpc) is 2.33. The zero-order chi connectivity index (χ0) is 14.9. The molecular weight excluding hydrogens is 370 g/mol. The largest absolute Gasteiger partial charge is 0.398 e. The van der Waals surface area contributed by atoms with Gasteiger partial charge in [-0.1, -0.05) is 29.3 Å². The van der Waals surface area contributed by atoms with Gasteiger partial charge in [0.1, 0.15) is 5.82 Å². The van der Waals surface area contributed by atoms with E-state index in [-0.39, 0.29) is 27.0 Å². The molecule has 1 amide bonds. The lowest BCUT2D eigenvalue weighted by Gasteiger charge is -2.12. The molecule has 0 aromatic heterocycles. The fourth-order valence-electron chi connectivity index (χ4n) is 1.62. The minimum absolute atomic E-state index is 0.0656. The van der Waals surface area contributed by atoms with Crippen LogP contribution in [0.3, 0.4) is 0 Å². The fraction of sp³-hybridized carbons (Fsp3) is 0. The first-order valence-corrected chi connectivity index (χ1v) is 6.95. The van der Waals surface area contributed by atoms with Crippen molar-refractivity contribution in [2.45, 2.75) is 0 Å². The Morgan fingerprint density at radius 2 is 1.95 bits per heavy atom. The zero-order valence-corrected chi connectivity index (χ0v) is 13.0. The average molecular weight is 378 g/mol. The second-order valence-corrected chi connectivity index (χ2v) is 5.57. The lowest BCUT2D eigenvalue weighted by atomic mass is 10.1. The van der Waals surface area contributed by atoms with Gasteiger partial charge in [0.05, 0.1) is 21.3 Å². The molecule has 0 radical (unpaired) electrons. The Bertz CT molecular complexity index is 651. The molecule has 0 bridgehead atoms. The molecule has 0 saturated carbocycles. The van der Waals surface area contributed by atoms with Gasteiger partial charge in [0.25, 0.3) is 5.91 Å². The van der Waals surface area contributed by atoms with Crippen LogP contribution in [0.4, 0.5) is 15.8 Å². The molecule has 104 valence electrons. The number of hydrogen-bond donors (Lipinski definition) is 2. The SMILES string of the molecule is Nc1cccc(Cl)c1C(=O)Nc1c(Cl)cc(F)cc1Br. The maximum atomic E-state index is 13.1. The van der Waals surface area contributed by atoms with Crippen LogP contribution in [0.15, 0.2) is 34.8 Å². The van der Waals surface area contributed by atoms with Crippen molar-refractivity contribution < 1.29 is 9.18 Å². The number of halogens is 4. The van der Waals surface area contributed by atoms with E-state index in [2.05, 4.69) is 21.2 Å². The highest BCUT2D eigenvalue weighted by atomic mass is 79.9. The van der Waals surface area contributed by atoms with Crippen LogP contribution in [0.5, 0.6) is 0 Å². The predicted octanol–water partition coefficient (Wildman–Crippen LogP) is 4.73. The predicted molar refractivity (Wildman–Crippen MR) is 82.9 cm³/mol. The quantitative estimate of drug-likeness (QED) is 0.743. The first-order chi connectivity index (χ1) is 9.40. The first kappa shape index (κ1) is 15.1. The van der Waals surface area contributed by atoms with Crippen LogP contribution in [0.2, 0.25) is 10.0 Å². The standard InChI is InChI=1S/C13H8BrCl2FN2O/c14-7-4-6(17)5-9(16)12(7)19-13(20)11-8(15)2-1-3-10(11)18/h1-5H,18H2,(H,19,20). The number of nitrogen functional groups attached to an aromatic ring is 1. The van der Waals surface area contributed by atoms with Crippen molar-refractivity contribution in [1.29, 1.82) is 0 Å². The molecule has 0 atom stereocenters. The van der Waals surface area contributed by atoms with Crippen molar-refractivity contribution >= 4 is 56.4 Å². The number of anilines is 2. The molecule has 0 aliphatic rings. The molecule has 20 heavy (non-hydrogen) atoms. The Morgan fingerprint density at radius 1 is 1.25 bits per heavy atom. The zero-order valence-electron chi connectivity index (χ0n) is 9.88. The Morgan fingerprint density at radius 3 is 2.55 bits per heavy atom. The van der Waals surface area contributed by atoms with E-state index in [1.165, 1.54) is 6.07 Å². The number of nitrogens with one attached hydrogen (secondary N) is 1. The van der Waals surface area contributed by atoms with Crippen LogP contribution in [-0.4, -0.2) is 5.91 Å². The maximum Gasteiger partial charge on any atom is 0.259 e. The van der Waals surface area contributed by atoms with Crippen LogP contribution in [0, 0.1) is 5.82 Å². The number of rotatable bonds is 2. The molecule has 3 nitrogen and oxygen atoms in total. The Kier molecular flexibility index (Phi) is 4.52. The third-order valence-electron chi connectivity index (χ3n) is 2.52. The van der Waals surface area contributed by atoms with Gasteiger partial charge in [0, 0.05) is 10.2 Å². The van der Waals surface area contributed by atoms with E-state index >= 15 is 0 Å². The van der Waals surface area contributed by atoms with Gasteiger partial charge >= 0.3 is 0 Å². The van der Waals surface area contributed by atoms with Gasteiger partial charge in [0.2, 0.25) is 0 Å². The molecule has 0 saturated heterocycles. The summed E-state index contributed by atoms with van der Waals surface area (Å²) in [6.07, 6.45) is 0. The lowest BCUT2D eigenvalue weighted by molar-refractivity contribution is 0.102. The van der Waals surface area contributed by atoms with Gasteiger partial charge in [-0.3, -0.25) is 4.79 Å². The van der Waals surface area contributed by atoms with E-state index in [4.69, 9.17) is 28.9 Å². The number of carbonyl (C=O) groups excluding carboxylic acids is 1. The van der Waals surface area contributed by atoms with Crippen LogP contribution in [0.25, 0.3) is 0 Å². The summed E-state index contributed by atoms with van der Waals surface area (Å²) in [6.45, 7) is 0. The van der Waals surface area contributed by atoms with E-state index in [1.807, 2.05) is 0 Å². The highest BCUT2D eigenvalue weighted by Gasteiger charge is 2.17. The summed E-state index contributed by atoms with van der Waals surface area (Å²) >= 11 is 15.0. The Labute approximate surface area is 133 Å². The van der Waals surface area contributed by atoms with Crippen LogP contribution < -0.4 is 11.1 Å². The van der Waals surface area contributed by atoms with Gasteiger partial charge < -0.3 is 11.1 Å². The van der Waals surface area contributed by atoms with Gasteiger partial charge in [-0.25, -0.2) is 4.39 Å². The summed E-state index contributed by atoms with van der Waals surface area (Å²) in [5.74, 6) is -1.04. The second kappa shape index (κ2) is 5.99. The summed E-state index contributed by atoms with van der Waals surface area (Å²) in [5, 5.41) is 2.84. The number of amides is 1. The molecule has 0 unspecified atom stereocenters. The normalized spacial score (nSPS) is 10.4. The minimum Gasteiger partial charge on any atom is -0.398 e. The van der Waals surface area contributed by atoms with E-state index in [0.717, 1.165) is 6.07 Å². The van der Waals surface area contributed by atoms with E-state index in [0.29, 0.717) is 4.47 Å². The number of benzene rings is 2. The summed E-state index contributed by atoms with van der Waals surface area (Å²) in [7, 11) is 0. The summed E-state index contributed by atoms with van der Waals surface area (Å²) in [5.41, 5.74) is 6.35. The Balaban J connectivity index is 2.38. The van der Waals surface area contributed by atoms with Gasteiger partial charge in [-0.2, -0.15) is 0 Å². The molecule has 7 heteroatoms. The molecule has 0 aliphatic heterocycles. The van der Waals surface area contributed by atoms with Crippen molar-refractivity contribution in [3.8, 4) is 0 Å². The topological polar surface area (TPSA) is 55.1 Å². The van der Waals surface area contributed by atoms with Gasteiger partial charge in [-0.05, 0) is 40.2 Å². The van der Waals surface area contributed by atoms with Crippen molar-refractivity contribution in [1.82, 2.24) is 0 Å². The molecule has 2 aromatic carbocycles. The first-order valence-electron chi connectivity index (χ1n) is 5.40. The van der Waals surface area contributed by atoms with Gasteiger partial charge in [0.15, 0.2) is 0 Å². The highest BCUT2D eigenvalue weighted by molar-refractivity contribution is 9.10. The van der Waals surface area contributed by atoms with Crippen molar-refractivity contribution in [2.24, 2.45) is 0 Å². The van der Waals surface area contributed by atoms with Crippen LogP contribution in [-0.2, 0) is 0 Å². The molecule has 3 N–H and O–H groups in total. The number of nitrogens with two attached hydrogens (primary N) is 1. The second-order valence-electron chi connectivity index (χ2n) is 3.90. The van der Waals surface area contributed by atoms with Crippen LogP contribution >= 0.6 is 39.1 Å². The number of carbonyl (C=O) groups is 1. The highest BCUT2D eigenvalue weighted by Crippen LogP contribution is 2.33. The summed E-state index contributed by atoms with van der Waals surface area (Å²) in [6, 6.07) is 7.03. The minimum atomic E-state index is -0.526. The fourth-order valence-corrected chi connectivity index (χ4v) is 2.78. The third kappa shape index (κ3) is 3.06. The lowest BCUT2D eigenvalue weighted by Crippen LogP contribution is -2.15.